The van der Waals surface area contributed by atoms with Gasteiger partial charge in [-0.3, -0.25) is 9.59 Å². The van der Waals surface area contributed by atoms with Gasteiger partial charge in [0.2, 0.25) is 18.6 Å². The number of hydrogen-bond donors (Lipinski definition) is 2. The average molecular weight is 395 g/mol. The van der Waals surface area contributed by atoms with Crippen LogP contribution in [0.3, 0.4) is 0 Å². The number of carbonyl (C=O) groups is 2. The first-order chi connectivity index (χ1) is 13.6. The fraction of sp³-hybridized carbons (Fsp3) is 0.150. The summed E-state index contributed by atoms with van der Waals surface area (Å²) in [6, 6.07) is 12.7. The van der Waals surface area contributed by atoms with E-state index in [0.717, 1.165) is 10.6 Å². The van der Waals surface area contributed by atoms with Crippen molar-refractivity contribution < 1.29 is 19.1 Å². The van der Waals surface area contributed by atoms with Crippen LogP contribution in [0.25, 0.3) is 10.6 Å². The lowest BCUT2D eigenvalue weighted by atomic mass is 10.2. The van der Waals surface area contributed by atoms with Gasteiger partial charge in [-0.2, -0.15) is 0 Å². The molecule has 1 aromatic heterocycles. The van der Waals surface area contributed by atoms with E-state index in [2.05, 4.69) is 15.6 Å². The Bertz CT molecular complexity index is 1050. The lowest BCUT2D eigenvalue weighted by Gasteiger charge is -2.05. The van der Waals surface area contributed by atoms with E-state index in [1.807, 2.05) is 29.6 Å². The van der Waals surface area contributed by atoms with E-state index in [9.17, 15) is 9.59 Å². The van der Waals surface area contributed by atoms with E-state index in [4.69, 9.17) is 9.47 Å². The number of nitrogens with zero attached hydrogens (tertiary/aromatic N) is 1. The van der Waals surface area contributed by atoms with Gasteiger partial charge >= 0.3 is 0 Å². The zero-order chi connectivity index (χ0) is 19.5. The van der Waals surface area contributed by atoms with Gasteiger partial charge in [-0.25, -0.2) is 4.98 Å². The van der Waals surface area contributed by atoms with Crippen molar-refractivity contribution in [2.75, 3.05) is 17.4 Å². The molecule has 4 rings (SSSR count). The molecule has 3 aromatic rings. The van der Waals surface area contributed by atoms with Crippen molar-refractivity contribution in [3.05, 3.63) is 53.5 Å². The molecule has 8 heteroatoms. The Hall–Kier alpha value is -3.39. The van der Waals surface area contributed by atoms with Gasteiger partial charge in [0.15, 0.2) is 11.5 Å². The largest absolute Gasteiger partial charge is 0.454 e. The van der Waals surface area contributed by atoms with Gasteiger partial charge in [0.25, 0.3) is 0 Å². The molecule has 0 spiro atoms. The highest BCUT2D eigenvalue weighted by Gasteiger charge is 2.15. The average Bonchev–Trinajstić information content (AvgIpc) is 3.30. The molecule has 142 valence electrons. The molecule has 2 amide bonds. The van der Waals surface area contributed by atoms with Crippen LogP contribution in [0.15, 0.2) is 47.8 Å². The Morgan fingerprint density at radius 2 is 1.89 bits per heavy atom. The molecule has 28 heavy (non-hydrogen) atoms. The molecule has 0 saturated carbocycles. The second-order valence-electron chi connectivity index (χ2n) is 6.20. The number of carbonyl (C=O) groups excluding carboxylic acids is 2. The first-order valence-corrected chi connectivity index (χ1v) is 9.47. The zero-order valence-electron chi connectivity index (χ0n) is 15.0. The Balaban J connectivity index is 1.42. The number of aromatic nitrogens is 1. The van der Waals surface area contributed by atoms with E-state index in [1.54, 1.807) is 18.2 Å². The van der Waals surface area contributed by atoms with Crippen LogP contribution in [0.4, 0.5) is 11.4 Å². The van der Waals surface area contributed by atoms with E-state index in [-0.39, 0.29) is 25.0 Å². The molecule has 0 aliphatic carbocycles. The molecule has 1 aliphatic heterocycles. The van der Waals surface area contributed by atoms with Crippen LogP contribution >= 0.6 is 11.3 Å². The Kier molecular flexibility index (Phi) is 4.94. The van der Waals surface area contributed by atoms with E-state index in [1.165, 1.54) is 18.3 Å². The lowest BCUT2D eigenvalue weighted by Crippen LogP contribution is -2.14. The molecular formula is C20H17N3O4S. The second kappa shape index (κ2) is 7.69. The minimum atomic E-state index is -0.164. The van der Waals surface area contributed by atoms with Crippen LogP contribution < -0.4 is 20.1 Å². The maximum atomic E-state index is 12.3. The molecular weight excluding hydrogens is 378 g/mol. The Morgan fingerprint density at radius 3 is 2.75 bits per heavy atom. The molecule has 2 aromatic carbocycles. The number of benzene rings is 2. The van der Waals surface area contributed by atoms with Crippen LogP contribution in [0.2, 0.25) is 0 Å². The maximum Gasteiger partial charge on any atom is 0.231 e. The standard InChI is InChI=1S/C20H17N3O4S/c1-12(24)21-14-4-2-3-13(7-14)20-23-16(10-28-20)9-19(25)22-15-5-6-17-18(8-15)27-11-26-17/h2-8,10H,9,11H2,1H3,(H,21,24)(H,22,25). The number of ether oxygens (including phenoxy) is 2. The Morgan fingerprint density at radius 1 is 1.07 bits per heavy atom. The zero-order valence-corrected chi connectivity index (χ0v) is 15.8. The van der Waals surface area contributed by atoms with Gasteiger partial charge in [-0.1, -0.05) is 12.1 Å². The third kappa shape index (κ3) is 4.12. The van der Waals surface area contributed by atoms with Gasteiger partial charge in [-0.05, 0) is 24.3 Å². The monoisotopic (exact) mass is 395 g/mol. The highest BCUT2D eigenvalue weighted by atomic mass is 32.1. The van der Waals surface area contributed by atoms with Crippen LogP contribution in [0.1, 0.15) is 12.6 Å². The summed E-state index contributed by atoms with van der Waals surface area (Å²) in [6.45, 7) is 1.66. The normalized spacial score (nSPS) is 11.9. The summed E-state index contributed by atoms with van der Waals surface area (Å²) in [5.74, 6) is 0.997. The van der Waals surface area contributed by atoms with Crippen LogP contribution in [0.5, 0.6) is 11.5 Å². The summed E-state index contributed by atoms with van der Waals surface area (Å²) < 4.78 is 10.6. The number of thiazole rings is 1. The van der Waals surface area contributed by atoms with E-state index in [0.29, 0.717) is 28.6 Å². The number of hydrogen-bond acceptors (Lipinski definition) is 6. The fourth-order valence-electron chi connectivity index (χ4n) is 2.80. The predicted molar refractivity (Wildman–Crippen MR) is 107 cm³/mol. The smallest absolute Gasteiger partial charge is 0.231 e. The SMILES string of the molecule is CC(=O)Nc1cccc(-c2nc(CC(=O)Nc3ccc4c(c3)OCO4)cs2)c1. The topological polar surface area (TPSA) is 89.6 Å². The molecule has 0 atom stereocenters. The number of amides is 2. The Labute approximate surface area is 165 Å². The van der Waals surface area contributed by atoms with Gasteiger partial charge in [0.1, 0.15) is 5.01 Å². The van der Waals surface area contributed by atoms with Gasteiger partial charge in [0, 0.05) is 35.3 Å². The van der Waals surface area contributed by atoms with Crippen molar-refractivity contribution in [2.45, 2.75) is 13.3 Å². The quantitative estimate of drug-likeness (QED) is 0.688. The second-order valence-corrected chi connectivity index (χ2v) is 7.06. The summed E-state index contributed by atoms with van der Waals surface area (Å²) in [5, 5.41) is 8.25. The summed E-state index contributed by atoms with van der Waals surface area (Å²) in [7, 11) is 0. The van der Waals surface area contributed by atoms with Crippen molar-refractivity contribution >= 4 is 34.5 Å². The summed E-state index contributed by atoms with van der Waals surface area (Å²) in [5.41, 5.74) is 2.93. The highest BCUT2D eigenvalue weighted by Crippen LogP contribution is 2.34. The number of nitrogens with one attached hydrogen (secondary N) is 2. The minimum Gasteiger partial charge on any atom is -0.454 e. The minimum absolute atomic E-state index is 0.128. The van der Waals surface area contributed by atoms with Crippen LogP contribution in [0, 0.1) is 0 Å². The van der Waals surface area contributed by atoms with Crippen molar-refractivity contribution in [1.29, 1.82) is 0 Å². The third-order valence-electron chi connectivity index (χ3n) is 3.98. The number of anilines is 2. The van der Waals surface area contributed by atoms with Crippen molar-refractivity contribution in [3.63, 3.8) is 0 Å². The summed E-state index contributed by atoms with van der Waals surface area (Å²) in [4.78, 5) is 28.1. The molecule has 0 bridgehead atoms. The number of fused-ring (bicyclic) bond motifs is 1. The molecule has 0 saturated heterocycles. The van der Waals surface area contributed by atoms with E-state index < -0.39 is 0 Å². The van der Waals surface area contributed by atoms with Crippen molar-refractivity contribution in [1.82, 2.24) is 4.98 Å². The van der Waals surface area contributed by atoms with Gasteiger partial charge in [0.05, 0.1) is 12.1 Å². The fourth-order valence-corrected chi connectivity index (χ4v) is 3.61. The van der Waals surface area contributed by atoms with Crippen molar-refractivity contribution in [2.24, 2.45) is 0 Å². The lowest BCUT2D eigenvalue weighted by molar-refractivity contribution is -0.116. The molecule has 7 nitrogen and oxygen atoms in total. The van der Waals surface area contributed by atoms with Crippen LogP contribution in [-0.4, -0.2) is 23.6 Å². The first-order valence-electron chi connectivity index (χ1n) is 8.59. The highest BCUT2D eigenvalue weighted by molar-refractivity contribution is 7.13. The van der Waals surface area contributed by atoms with Gasteiger partial charge in [-0.15, -0.1) is 11.3 Å². The van der Waals surface area contributed by atoms with Crippen molar-refractivity contribution in [3.8, 4) is 22.1 Å². The first kappa shape index (κ1) is 18.0. The summed E-state index contributed by atoms with van der Waals surface area (Å²) >= 11 is 1.45. The summed E-state index contributed by atoms with van der Waals surface area (Å²) in [6.07, 6.45) is 0.163. The van der Waals surface area contributed by atoms with E-state index >= 15 is 0 Å². The molecule has 1 aliphatic rings. The maximum absolute atomic E-state index is 12.3. The molecule has 0 fully saturated rings. The molecule has 0 radical (unpaired) electrons. The van der Waals surface area contributed by atoms with Crippen LogP contribution in [-0.2, 0) is 16.0 Å². The molecule has 0 unspecified atom stereocenters. The third-order valence-corrected chi connectivity index (χ3v) is 4.92. The molecule has 2 heterocycles. The predicted octanol–water partition coefficient (Wildman–Crippen LogP) is 3.68. The molecule has 2 N–H and O–H groups in total. The number of rotatable bonds is 5. The van der Waals surface area contributed by atoms with Gasteiger partial charge < -0.3 is 20.1 Å².